The first-order valence-corrected chi connectivity index (χ1v) is 7.26. The molecule has 1 amide bonds. The summed E-state index contributed by atoms with van der Waals surface area (Å²) in [6.45, 7) is 6.11. The maximum Gasteiger partial charge on any atom is 0.345 e. The van der Waals surface area contributed by atoms with E-state index in [1.165, 1.54) is 12.1 Å². The number of hydrogen-bond acceptors (Lipinski definition) is 5. The molecule has 0 bridgehead atoms. The van der Waals surface area contributed by atoms with E-state index in [1.807, 2.05) is 20.8 Å². The number of nitrogens with one attached hydrogen (secondary N) is 1. The van der Waals surface area contributed by atoms with Crippen LogP contribution >= 0.6 is 11.3 Å². The van der Waals surface area contributed by atoms with Gasteiger partial charge in [0.15, 0.2) is 0 Å². The molecule has 0 aliphatic heterocycles. The predicted octanol–water partition coefficient (Wildman–Crippen LogP) is 2.58. The Hall–Kier alpha value is -2.15. The molecule has 0 aliphatic carbocycles. The number of aromatic carboxylic acids is 1. The van der Waals surface area contributed by atoms with E-state index in [9.17, 15) is 9.59 Å². The van der Waals surface area contributed by atoms with Gasteiger partial charge in [0, 0.05) is 18.0 Å². The molecule has 6 nitrogen and oxygen atoms in total. The van der Waals surface area contributed by atoms with Gasteiger partial charge >= 0.3 is 5.97 Å². The lowest BCUT2D eigenvalue weighted by molar-refractivity contribution is 0.0702. The second kappa shape index (κ2) is 6.09. The Morgan fingerprint density at radius 3 is 2.57 bits per heavy atom. The second-order valence-electron chi connectivity index (χ2n) is 4.82. The minimum absolute atomic E-state index is 0.0686. The van der Waals surface area contributed by atoms with Crippen LogP contribution in [-0.2, 0) is 0 Å². The lowest BCUT2D eigenvalue weighted by Gasteiger charge is -2.11. The Morgan fingerprint density at radius 1 is 1.38 bits per heavy atom. The fourth-order valence-corrected chi connectivity index (χ4v) is 2.96. The molecule has 0 aromatic carbocycles. The molecular weight excluding hydrogens is 292 g/mol. The molecule has 0 fully saturated rings. The quantitative estimate of drug-likeness (QED) is 0.885. The lowest BCUT2D eigenvalue weighted by atomic mass is 9.99. The van der Waals surface area contributed by atoms with Crippen LogP contribution in [-0.4, -0.2) is 28.7 Å². The first-order chi connectivity index (χ1) is 9.90. The van der Waals surface area contributed by atoms with E-state index in [1.54, 1.807) is 0 Å². The molecule has 0 spiro atoms. The van der Waals surface area contributed by atoms with Crippen molar-refractivity contribution >= 4 is 23.2 Å². The fraction of sp³-hybridized carbons (Fsp3) is 0.357. The van der Waals surface area contributed by atoms with Crippen molar-refractivity contribution in [3.8, 4) is 0 Å². The zero-order valence-corrected chi connectivity index (χ0v) is 12.8. The molecule has 21 heavy (non-hydrogen) atoms. The number of carboxylic acid groups (broad SMARTS) is 1. The fourth-order valence-electron chi connectivity index (χ4n) is 2.20. The molecule has 2 aromatic rings. The number of hydrogen-bond donors (Lipinski definition) is 2. The highest BCUT2D eigenvalue weighted by atomic mass is 32.1. The molecule has 2 heterocycles. The highest BCUT2D eigenvalue weighted by Gasteiger charge is 2.18. The predicted molar refractivity (Wildman–Crippen MR) is 78.0 cm³/mol. The molecule has 7 heteroatoms. The van der Waals surface area contributed by atoms with Gasteiger partial charge < -0.3 is 14.9 Å². The molecule has 2 rings (SSSR count). The van der Waals surface area contributed by atoms with Gasteiger partial charge in [-0.2, -0.15) is 0 Å². The van der Waals surface area contributed by atoms with Crippen molar-refractivity contribution in [1.82, 2.24) is 10.5 Å². The highest BCUT2D eigenvalue weighted by Crippen LogP contribution is 2.22. The van der Waals surface area contributed by atoms with Crippen LogP contribution in [0.1, 0.15) is 49.2 Å². The third-order valence-corrected chi connectivity index (χ3v) is 4.26. The van der Waals surface area contributed by atoms with Crippen molar-refractivity contribution in [3.63, 3.8) is 0 Å². The summed E-state index contributed by atoms with van der Waals surface area (Å²) in [4.78, 5) is 23.3. The average molecular weight is 308 g/mol. The van der Waals surface area contributed by atoms with Crippen LogP contribution in [0.5, 0.6) is 0 Å². The van der Waals surface area contributed by atoms with E-state index in [-0.39, 0.29) is 16.7 Å². The van der Waals surface area contributed by atoms with Crippen LogP contribution in [0.4, 0.5) is 0 Å². The number of aryl methyl sites for hydroxylation is 2. The Kier molecular flexibility index (Phi) is 4.42. The molecule has 0 saturated carbocycles. The summed E-state index contributed by atoms with van der Waals surface area (Å²) in [6.07, 6.45) is 0. The first kappa shape index (κ1) is 15.2. The maximum absolute atomic E-state index is 12.0. The van der Waals surface area contributed by atoms with Crippen LogP contribution in [0.25, 0.3) is 0 Å². The molecule has 1 atom stereocenters. The van der Waals surface area contributed by atoms with E-state index < -0.39 is 5.97 Å². The van der Waals surface area contributed by atoms with E-state index >= 15 is 0 Å². The molecule has 112 valence electrons. The second-order valence-corrected chi connectivity index (χ2v) is 5.90. The molecule has 2 N–H and O–H groups in total. The number of carbonyl (C=O) groups is 2. The number of carboxylic acids is 1. The van der Waals surface area contributed by atoms with Gasteiger partial charge in [0.1, 0.15) is 10.6 Å². The van der Waals surface area contributed by atoms with E-state index in [2.05, 4.69) is 10.5 Å². The number of thiophene rings is 1. The van der Waals surface area contributed by atoms with Gasteiger partial charge in [-0.1, -0.05) is 12.1 Å². The van der Waals surface area contributed by atoms with Crippen molar-refractivity contribution in [2.45, 2.75) is 26.7 Å². The normalized spacial score (nSPS) is 12.1. The van der Waals surface area contributed by atoms with Crippen LogP contribution < -0.4 is 5.32 Å². The zero-order chi connectivity index (χ0) is 15.6. The lowest BCUT2D eigenvalue weighted by Crippen LogP contribution is -2.27. The topological polar surface area (TPSA) is 92.4 Å². The maximum atomic E-state index is 12.0. The van der Waals surface area contributed by atoms with Crippen molar-refractivity contribution in [3.05, 3.63) is 38.9 Å². The summed E-state index contributed by atoms with van der Waals surface area (Å²) in [7, 11) is 0. The van der Waals surface area contributed by atoms with Gasteiger partial charge in [-0.3, -0.25) is 4.79 Å². The van der Waals surface area contributed by atoms with Gasteiger partial charge in [0.25, 0.3) is 5.91 Å². The largest absolute Gasteiger partial charge is 0.477 e. The van der Waals surface area contributed by atoms with Crippen molar-refractivity contribution < 1.29 is 19.2 Å². The SMILES string of the molecule is Cc1noc(C)c1C(C)CNC(=O)c1ccc(C(=O)O)s1. The van der Waals surface area contributed by atoms with Crippen molar-refractivity contribution in [1.29, 1.82) is 0 Å². The standard InChI is InChI=1S/C14H16N2O4S/c1-7(12-8(2)16-20-9(12)3)6-15-13(17)10-4-5-11(21-10)14(18)19/h4-5,7H,6H2,1-3H3,(H,15,17)(H,18,19). The number of amides is 1. The minimum atomic E-state index is -1.02. The molecule has 0 radical (unpaired) electrons. The van der Waals surface area contributed by atoms with Crippen LogP contribution in [0.15, 0.2) is 16.7 Å². The summed E-state index contributed by atoms with van der Waals surface area (Å²) in [6, 6.07) is 2.95. The summed E-state index contributed by atoms with van der Waals surface area (Å²) in [5.74, 6) is -0.480. The van der Waals surface area contributed by atoms with Crippen LogP contribution in [0.2, 0.25) is 0 Å². The molecule has 0 aliphatic rings. The minimum Gasteiger partial charge on any atom is -0.477 e. The number of carbonyl (C=O) groups excluding carboxylic acids is 1. The summed E-state index contributed by atoms with van der Waals surface area (Å²) < 4.78 is 5.11. The zero-order valence-electron chi connectivity index (χ0n) is 12.0. The smallest absolute Gasteiger partial charge is 0.345 e. The third-order valence-electron chi connectivity index (χ3n) is 3.19. The number of rotatable bonds is 5. The Bertz CT molecular complexity index is 655. The van der Waals surface area contributed by atoms with Gasteiger partial charge in [-0.25, -0.2) is 4.79 Å². The Balaban J connectivity index is 1.99. The van der Waals surface area contributed by atoms with Gasteiger partial charge in [-0.05, 0) is 26.0 Å². The van der Waals surface area contributed by atoms with Gasteiger partial charge in [-0.15, -0.1) is 11.3 Å². The van der Waals surface area contributed by atoms with E-state index in [0.717, 1.165) is 28.4 Å². The highest BCUT2D eigenvalue weighted by molar-refractivity contribution is 7.15. The molecule has 1 unspecified atom stereocenters. The number of aromatic nitrogens is 1. The molecule has 0 saturated heterocycles. The van der Waals surface area contributed by atoms with Crippen LogP contribution in [0, 0.1) is 13.8 Å². The first-order valence-electron chi connectivity index (χ1n) is 6.44. The van der Waals surface area contributed by atoms with Gasteiger partial charge in [0.05, 0.1) is 10.6 Å². The monoisotopic (exact) mass is 308 g/mol. The van der Waals surface area contributed by atoms with Gasteiger partial charge in [0.2, 0.25) is 0 Å². The Labute approximate surface area is 125 Å². The summed E-state index contributed by atoms with van der Waals surface area (Å²) in [5.41, 5.74) is 1.81. The van der Waals surface area contributed by atoms with Crippen molar-refractivity contribution in [2.75, 3.05) is 6.54 Å². The van der Waals surface area contributed by atoms with Crippen molar-refractivity contribution in [2.24, 2.45) is 0 Å². The molecular formula is C14H16N2O4S. The molecule has 2 aromatic heterocycles. The summed E-state index contributed by atoms with van der Waals surface area (Å²) in [5, 5.41) is 15.5. The average Bonchev–Trinajstić information content (AvgIpc) is 3.03. The van der Waals surface area contributed by atoms with Crippen LogP contribution in [0.3, 0.4) is 0 Å². The Morgan fingerprint density at radius 2 is 2.05 bits per heavy atom. The van der Waals surface area contributed by atoms with E-state index in [4.69, 9.17) is 9.63 Å². The van der Waals surface area contributed by atoms with E-state index in [0.29, 0.717) is 11.4 Å². The third kappa shape index (κ3) is 3.30. The number of nitrogens with zero attached hydrogens (tertiary/aromatic N) is 1. The summed E-state index contributed by atoms with van der Waals surface area (Å²) >= 11 is 0.962.